The van der Waals surface area contributed by atoms with Crippen LogP contribution in [0.2, 0.25) is 0 Å². The predicted octanol–water partition coefficient (Wildman–Crippen LogP) is 5.59. The minimum Gasteiger partial charge on any atom is -0.493 e. The van der Waals surface area contributed by atoms with Gasteiger partial charge in [0.15, 0.2) is 22.7 Å². The highest BCUT2D eigenvalue weighted by Gasteiger charge is 2.22. The lowest BCUT2D eigenvalue weighted by Gasteiger charge is -2.18. The van der Waals surface area contributed by atoms with Crippen molar-refractivity contribution in [3.05, 3.63) is 106 Å². The molecule has 1 amide bonds. The van der Waals surface area contributed by atoms with E-state index in [0.29, 0.717) is 58.8 Å². The number of carbonyl (C=O) groups is 2. The van der Waals surface area contributed by atoms with Crippen LogP contribution in [0.3, 0.4) is 0 Å². The molecule has 10 nitrogen and oxygen atoms in total. The molecule has 0 saturated carbocycles. The first-order chi connectivity index (χ1) is 22.7. The van der Waals surface area contributed by atoms with Gasteiger partial charge in [-0.15, -0.1) is 0 Å². The van der Waals surface area contributed by atoms with Crippen LogP contribution in [0.4, 0.5) is 8.78 Å². The number of fused-ring (bicyclic) bond motifs is 1. The number of aromatic nitrogens is 3. The van der Waals surface area contributed by atoms with Crippen molar-refractivity contribution in [1.29, 1.82) is 0 Å². The summed E-state index contributed by atoms with van der Waals surface area (Å²) in [5, 5.41) is 0.682. The highest BCUT2D eigenvalue weighted by molar-refractivity contribution is 5.98. The molecule has 1 aliphatic rings. The number of amides is 1. The quantitative estimate of drug-likeness (QED) is 0.182. The maximum atomic E-state index is 14.8. The lowest BCUT2D eigenvalue weighted by atomic mass is 10.0. The molecule has 0 N–H and O–H groups in total. The fourth-order valence-corrected chi connectivity index (χ4v) is 5.54. The lowest BCUT2D eigenvalue weighted by molar-refractivity contribution is -0.130. The molecule has 47 heavy (non-hydrogen) atoms. The first kappa shape index (κ1) is 31.3. The summed E-state index contributed by atoms with van der Waals surface area (Å²) in [5.74, 6) is -0.611. The number of ether oxygens (including phenoxy) is 3. The van der Waals surface area contributed by atoms with Gasteiger partial charge in [0, 0.05) is 66.0 Å². The molecule has 1 aliphatic heterocycles. The second-order valence-corrected chi connectivity index (χ2v) is 11.0. The van der Waals surface area contributed by atoms with Gasteiger partial charge in [-0.05, 0) is 49.2 Å². The minimum absolute atomic E-state index is 0.150. The largest absolute Gasteiger partial charge is 0.493 e. The Bertz CT molecular complexity index is 2040. The molecule has 1 saturated heterocycles. The van der Waals surface area contributed by atoms with Gasteiger partial charge in [-0.1, -0.05) is 0 Å². The van der Waals surface area contributed by atoms with Gasteiger partial charge in [-0.3, -0.25) is 24.4 Å². The standard InChI is InChI=1S/C35H30F2N4O6/c1-45-32-15-25-29(16-33(32)46-2)38-10-9-31(25)47-23-7-6-22(39-17-23)14-30(42)27-19-40(20-34(43)41-11-3-4-12-41)18-26(35(27)44)24-8-5-21(36)13-28(24)37/h5-10,13,15-19H,3-4,11-12,14,20H2,1-2H3. The van der Waals surface area contributed by atoms with E-state index in [9.17, 15) is 23.2 Å². The molecule has 0 bridgehead atoms. The molecule has 12 heteroatoms. The van der Waals surface area contributed by atoms with Crippen molar-refractivity contribution in [3.8, 4) is 34.1 Å². The van der Waals surface area contributed by atoms with E-state index in [-0.39, 0.29) is 35.6 Å². The molecule has 0 unspecified atom stereocenters. The molecular weight excluding hydrogens is 610 g/mol. The van der Waals surface area contributed by atoms with Gasteiger partial charge in [0.25, 0.3) is 0 Å². The molecule has 0 radical (unpaired) electrons. The van der Waals surface area contributed by atoms with Crippen LogP contribution in [0.25, 0.3) is 22.0 Å². The smallest absolute Gasteiger partial charge is 0.242 e. The molecule has 6 rings (SSSR count). The summed E-state index contributed by atoms with van der Waals surface area (Å²) in [7, 11) is 3.07. The summed E-state index contributed by atoms with van der Waals surface area (Å²) in [5.41, 5.74) is -0.320. The number of carbonyl (C=O) groups excluding carboxylic acids is 2. The maximum absolute atomic E-state index is 14.8. The third kappa shape index (κ3) is 6.67. The van der Waals surface area contributed by atoms with E-state index in [0.717, 1.165) is 25.0 Å². The summed E-state index contributed by atoms with van der Waals surface area (Å²) in [6, 6.07) is 11.3. The van der Waals surface area contributed by atoms with E-state index in [2.05, 4.69) is 9.97 Å². The highest BCUT2D eigenvalue weighted by Crippen LogP contribution is 2.36. The van der Waals surface area contributed by atoms with Crippen molar-refractivity contribution in [2.75, 3.05) is 27.3 Å². The SMILES string of the molecule is COc1cc2nccc(Oc3ccc(CC(=O)c4cn(CC(=O)N5CCCC5)cc(-c5ccc(F)cc5F)c4=O)nc3)c2cc1OC. The van der Waals surface area contributed by atoms with Crippen LogP contribution in [0, 0.1) is 11.6 Å². The van der Waals surface area contributed by atoms with Crippen LogP contribution in [-0.4, -0.2) is 58.4 Å². The minimum atomic E-state index is -0.957. The van der Waals surface area contributed by atoms with E-state index >= 15 is 0 Å². The third-order valence-corrected chi connectivity index (χ3v) is 7.95. The number of pyridine rings is 3. The van der Waals surface area contributed by atoms with Gasteiger partial charge in [0.1, 0.15) is 29.7 Å². The van der Waals surface area contributed by atoms with Gasteiger partial charge >= 0.3 is 0 Å². The molecule has 0 atom stereocenters. The predicted molar refractivity (Wildman–Crippen MR) is 169 cm³/mol. The Morgan fingerprint density at radius 3 is 2.34 bits per heavy atom. The van der Waals surface area contributed by atoms with Crippen molar-refractivity contribution < 1.29 is 32.6 Å². The van der Waals surface area contributed by atoms with Crippen molar-refractivity contribution in [1.82, 2.24) is 19.4 Å². The molecule has 4 heterocycles. The van der Waals surface area contributed by atoms with E-state index in [1.165, 1.54) is 37.4 Å². The average Bonchev–Trinajstić information content (AvgIpc) is 3.62. The van der Waals surface area contributed by atoms with Gasteiger partial charge in [-0.2, -0.15) is 0 Å². The normalized spacial score (nSPS) is 12.7. The monoisotopic (exact) mass is 640 g/mol. The molecule has 3 aromatic heterocycles. The summed E-state index contributed by atoms with van der Waals surface area (Å²) in [6.45, 7) is 1.09. The maximum Gasteiger partial charge on any atom is 0.242 e. The zero-order valence-corrected chi connectivity index (χ0v) is 25.7. The Balaban J connectivity index is 1.26. The summed E-state index contributed by atoms with van der Waals surface area (Å²) >= 11 is 0. The van der Waals surface area contributed by atoms with Gasteiger partial charge in [0.05, 0.1) is 37.9 Å². The van der Waals surface area contributed by atoms with Crippen LogP contribution in [0.15, 0.2) is 78.1 Å². The van der Waals surface area contributed by atoms with Crippen LogP contribution >= 0.6 is 0 Å². The molecule has 0 aliphatic carbocycles. The lowest BCUT2D eigenvalue weighted by Crippen LogP contribution is -2.32. The Morgan fingerprint density at radius 1 is 0.872 bits per heavy atom. The number of hydrogen-bond donors (Lipinski definition) is 0. The number of rotatable bonds is 10. The summed E-state index contributed by atoms with van der Waals surface area (Å²) in [6.07, 6.45) is 7.22. The average molecular weight is 641 g/mol. The Morgan fingerprint density at radius 2 is 1.64 bits per heavy atom. The van der Waals surface area contributed by atoms with Gasteiger partial charge < -0.3 is 23.7 Å². The second-order valence-electron chi connectivity index (χ2n) is 11.0. The molecule has 1 fully saturated rings. The van der Waals surface area contributed by atoms with Crippen molar-refractivity contribution in [3.63, 3.8) is 0 Å². The number of likely N-dealkylation sites (tertiary alicyclic amines) is 1. The molecule has 5 aromatic rings. The van der Waals surface area contributed by atoms with E-state index in [1.54, 1.807) is 41.4 Å². The first-order valence-corrected chi connectivity index (χ1v) is 14.9. The van der Waals surface area contributed by atoms with Crippen LogP contribution in [0.1, 0.15) is 28.9 Å². The fourth-order valence-electron chi connectivity index (χ4n) is 5.54. The molecular formula is C35H30F2N4O6. The molecule has 240 valence electrons. The molecule has 0 spiro atoms. The van der Waals surface area contributed by atoms with E-state index < -0.39 is 22.8 Å². The number of ketones is 1. The van der Waals surface area contributed by atoms with Crippen LogP contribution in [0.5, 0.6) is 23.0 Å². The Hall–Kier alpha value is -5.65. The molecule has 2 aromatic carbocycles. The Labute approximate surface area is 268 Å². The topological polar surface area (TPSA) is 113 Å². The number of benzene rings is 2. The third-order valence-electron chi connectivity index (χ3n) is 7.95. The second kappa shape index (κ2) is 13.4. The van der Waals surface area contributed by atoms with Crippen LogP contribution in [-0.2, 0) is 17.8 Å². The number of hydrogen-bond acceptors (Lipinski definition) is 8. The summed E-state index contributed by atoms with van der Waals surface area (Å²) in [4.78, 5) is 50.4. The van der Waals surface area contributed by atoms with E-state index in [4.69, 9.17) is 14.2 Å². The Kier molecular flexibility index (Phi) is 8.92. The summed E-state index contributed by atoms with van der Waals surface area (Å²) < 4.78 is 46.7. The van der Waals surface area contributed by atoms with Crippen molar-refractivity contribution in [2.45, 2.75) is 25.8 Å². The van der Waals surface area contributed by atoms with Crippen LogP contribution < -0.4 is 19.6 Å². The highest BCUT2D eigenvalue weighted by atomic mass is 19.1. The fraction of sp³-hybridized carbons (Fsp3) is 0.229. The number of halogens is 2. The number of Topliss-reactive ketones (excluding diaryl/α,β-unsaturated/α-hetero) is 1. The zero-order chi connectivity index (χ0) is 33.1. The van der Waals surface area contributed by atoms with Crippen molar-refractivity contribution in [2.24, 2.45) is 0 Å². The first-order valence-electron chi connectivity index (χ1n) is 14.9. The van der Waals surface area contributed by atoms with Gasteiger partial charge in [-0.25, -0.2) is 8.78 Å². The van der Waals surface area contributed by atoms with Gasteiger partial charge in [0.2, 0.25) is 5.91 Å². The number of nitrogens with zero attached hydrogens (tertiary/aromatic N) is 4. The van der Waals surface area contributed by atoms with E-state index in [1.807, 2.05) is 0 Å². The number of methoxy groups -OCH3 is 2. The zero-order valence-electron chi connectivity index (χ0n) is 25.7. The van der Waals surface area contributed by atoms with Crippen molar-refractivity contribution >= 4 is 22.6 Å².